The summed E-state index contributed by atoms with van der Waals surface area (Å²) in [5.74, 6) is -0.932. The summed E-state index contributed by atoms with van der Waals surface area (Å²) >= 11 is 0.792. The minimum Gasteiger partial charge on any atom is -0.357 e. The SMILES string of the molecule is CCNC(=NCc1ccc(F)cc1C(F)(F)F)NCc1nc(C(F)(F)F)cs1.I. The Morgan fingerprint density at radius 3 is 2.34 bits per heavy atom. The molecule has 2 N–H and O–H groups in total. The Labute approximate surface area is 182 Å². The van der Waals surface area contributed by atoms with Gasteiger partial charge in [-0.25, -0.2) is 14.4 Å². The van der Waals surface area contributed by atoms with Crippen LogP contribution < -0.4 is 10.6 Å². The van der Waals surface area contributed by atoms with E-state index in [-0.39, 0.29) is 47.1 Å². The summed E-state index contributed by atoms with van der Waals surface area (Å²) in [6, 6.07) is 2.27. The highest BCUT2D eigenvalue weighted by Gasteiger charge is 2.34. The van der Waals surface area contributed by atoms with E-state index < -0.39 is 36.0 Å². The average molecular weight is 556 g/mol. The predicted molar refractivity (Wildman–Crippen MR) is 106 cm³/mol. The van der Waals surface area contributed by atoms with Crippen LogP contribution in [0.2, 0.25) is 0 Å². The number of aromatic nitrogens is 1. The number of nitrogens with zero attached hydrogens (tertiary/aromatic N) is 2. The zero-order chi connectivity index (χ0) is 20.9. The van der Waals surface area contributed by atoms with E-state index in [0.717, 1.165) is 28.8 Å². The Morgan fingerprint density at radius 1 is 1.10 bits per heavy atom. The quantitative estimate of drug-likeness (QED) is 0.231. The summed E-state index contributed by atoms with van der Waals surface area (Å²) in [6.07, 6.45) is -9.29. The Balaban J connectivity index is 0.00000420. The second kappa shape index (κ2) is 10.4. The molecule has 0 aliphatic carbocycles. The molecule has 0 saturated carbocycles. The van der Waals surface area contributed by atoms with Crippen LogP contribution in [0.1, 0.15) is 28.8 Å². The van der Waals surface area contributed by atoms with Crippen molar-refractivity contribution in [3.05, 3.63) is 51.2 Å². The highest BCUT2D eigenvalue weighted by atomic mass is 127. The first-order valence-corrected chi connectivity index (χ1v) is 8.78. The van der Waals surface area contributed by atoms with Gasteiger partial charge in [0.25, 0.3) is 0 Å². The Hall–Kier alpha value is -1.64. The summed E-state index contributed by atoms with van der Waals surface area (Å²) in [7, 11) is 0. The van der Waals surface area contributed by atoms with Gasteiger partial charge in [-0.1, -0.05) is 6.07 Å². The maximum atomic E-state index is 13.1. The Bertz CT molecular complexity index is 833. The molecule has 4 nitrogen and oxygen atoms in total. The van der Waals surface area contributed by atoms with Crippen LogP contribution in [0.5, 0.6) is 0 Å². The molecule has 29 heavy (non-hydrogen) atoms. The number of hydrogen-bond donors (Lipinski definition) is 2. The van der Waals surface area contributed by atoms with Crippen LogP contribution in [0.3, 0.4) is 0 Å². The van der Waals surface area contributed by atoms with Crippen molar-refractivity contribution in [1.82, 2.24) is 15.6 Å². The van der Waals surface area contributed by atoms with Gasteiger partial charge in [0.2, 0.25) is 0 Å². The molecule has 1 heterocycles. The van der Waals surface area contributed by atoms with E-state index in [0.29, 0.717) is 12.6 Å². The van der Waals surface area contributed by atoms with Gasteiger partial charge in [-0.15, -0.1) is 35.3 Å². The Kier molecular flexibility index (Phi) is 9.11. The fourth-order valence-corrected chi connectivity index (χ4v) is 2.88. The van der Waals surface area contributed by atoms with Crippen LogP contribution in [0.4, 0.5) is 30.7 Å². The van der Waals surface area contributed by atoms with Gasteiger partial charge in [-0.05, 0) is 24.6 Å². The molecular weight excluding hydrogens is 540 g/mol. The van der Waals surface area contributed by atoms with E-state index in [1.54, 1.807) is 6.92 Å². The number of alkyl halides is 6. The summed E-state index contributed by atoms with van der Waals surface area (Å²) in [4.78, 5) is 7.43. The van der Waals surface area contributed by atoms with Crippen molar-refractivity contribution in [3.63, 3.8) is 0 Å². The molecule has 0 atom stereocenters. The molecular formula is C16H16F7IN4S. The van der Waals surface area contributed by atoms with Crippen molar-refractivity contribution in [2.24, 2.45) is 4.99 Å². The van der Waals surface area contributed by atoms with E-state index in [4.69, 9.17) is 0 Å². The van der Waals surface area contributed by atoms with Crippen LogP contribution >= 0.6 is 35.3 Å². The van der Waals surface area contributed by atoms with Gasteiger partial charge in [-0.3, -0.25) is 0 Å². The van der Waals surface area contributed by atoms with Crippen LogP contribution in [-0.2, 0) is 25.4 Å². The van der Waals surface area contributed by atoms with Gasteiger partial charge in [0.15, 0.2) is 11.7 Å². The van der Waals surface area contributed by atoms with Crippen LogP contribution in [0, 0.1) is 5.82 Å². The molecule has 0 unspecified atom stereocenters. The lowest BCUT2D eigenvalue weighted by Gasteiger charge is -2.13. The molecule has 0 spiro atoms. The lowest BCUT2D eigenvalue weighted by Crippen LogP contribution is -2.36. The maximum absolute atomic E-state index is 13.1. The van der Waals surface area contributed by atoms with Crippen molar-refractivity contribution >= 4 is 41.3 Å². The van der Waals surface area contributed by atoms with Crippen LogP contribution in [0.25, 0.3) is 0 Å². The van der Waals surface area contributed by atoms with E-state index in [2.05, 4.69) is 20.6 Å². The number of thiazole rings is 1. The summed E-state index contributed by atoms with van der Waals surface area (Å²) in [6.45, 7) is 1.58. The summed E-state index contributed by atoms with van der Waals surface area (Å²) < 4.78 is 89.9. The van der Waals surface area contributed by atoms with Gasteiger partial charge in [0.05, 0.1) is 18.7 Å². The third-order valence-corrected chi connectivity index (χ3v) is 4.23. The topological polar surface area (TPSA) is 49.3 Å². The van der Waals surface area contributed by atoms with Crippen molar-refractivity contribution in [3.8, 4) is 0 Å². The van der Waals surface area contributed by atoms with Crippen LogP contribution in [-0.4, -0.2) is 17.5 Å². The van der Waals surface area contributed by atoms with Crippen LogP contribution in [0.15, 0.2) is 28.6 Å². The first-order chi connectivity index (χ1) is 13.0. The summed E-state index contributed by atoms with van der Waals surface area (Å²) in [5, 5.41) is 6.48. The second-order valence-electron chi connectivity index (χ2n) is 5.47. The average Bonchev–Trinajstić information content (AvgIpc) is 3.06. The van der Waals surface area contributed by atoms with Crippen molar-refractivity contribution in [1.29, 1.82) is 0 Å². The molecule has 1 aromatic heterocycles. The largest absolute Gasteiger partial charge is 0.434 e. The van der Waals surface area contributed by atoms with E-state index >= 15 is 0 Å². The number of nitrogens with one attached hydrogen (secondary N) is 2. The van der Waals surface area contributed by atoms with E-state index in [9.17, 15) is 30.7 Å². The molecule has 2 rings (SSSR count). The highest BCUT2D eigenvalue weighted by molar-refractivity contribution is 14.0. The standard InChI is InChI=1S/C16H15F7N4S.HI/c1-2-24-14(26-7-13-27-12(8-28-13)16(21,22)23)25-6-9-3-4-10(17)5-11(9)15(18,19)20;/h3-5,8H,2,6-7H2,1H3,(H2,24,25,26);1H. The van der Waals surface area contributed by atoms with Gasteiger partial charge in [0, 0.05) is 11.9 Å². The first-order valence-electron chi connectivity index (χ1n) is 7.90. The lowest BCUT2D eigenvalue weighted by molar-refractivity contribution is -0.141. The number of guanidine groups is 1. The smallest absolute Gasteiger partial charge is 0.357 e. The molecule has 0 aliphatic rings. The maximum Gasteiger partial charge on any atom is 0.434 e. The molecule has 0 bridgehead atoms. The predicted octanol–water partition coefficient (Wildman–Crippen LogP) is 5.19. The molecule has 162 valence electrons. The molecule has 0 saturated heterocycles. The molecule has 0 radical (unpaired) electrons. The van der Waals surface area contributed by atoms with E-state index in [1.165, 1.54) is 0 Å². The zero-order valence-electron chi connectivity index (χ0n) is 14.8. The minimum absolute atomic E-state index is 0. The first kappa shape index (κ1) is 25.4. The third kappa shape index (κ3) is 7.60. The number of benzene rings is 1. The number of aliphatic imine (C=N–C) groups is 1. The van der Waals surface area contributed by atoms with Gasteiger partial charge in [0.1, 0.15) is 10.8 Å². The molecule has 1 aromatic carbocycles. The number of hydrogen-bond acceptors (Lipinski definition) is 3. The molecule has 0 aliphatic heterocycles. The number of rotatable bonds is 5. The lowest BCUT2D eigenvalue weighted by atomic mass is 10.1. The van der Waals surface area contributed by atoms with E-state index in [1.807, 2.05) is 0 Å². The van der Waals surface area contributed by atoms with Gasteiger partial charge < -0.3 is 10.6 Å². The summed E-state index contributed by atoms with van der Waals surface area (Å²) in [5.41, 5.74) is -2.39. The van der Waals surface area contributed by atoms with Gasteiger partial charge >= 0.3 is 12.4 Å². The van der Waals surface area contributed by atoms with Gasteiger partial charge in [-0.2, -0.15) is 26.3 Å². The number of halogens is 8. The highest BCUT2D eigenvalue weighted by Crippen LogP contribution is 2.33. The van der Waals surface area contributed by atoms with Crippen molar-refractivity contribution in [2.75, 3.05) is 6.54 Å². The molecule has 0 amide bonds. The van der Waals surface area contributed by atoms with Crippen molar-refractivity contribution in [2.45, 2.75) is 32.4 Å². The minimum atomic E-state index is -4.74. The second-order valence-corrected chi connectivity index (χ2v) is 6.41. The molecule has 2 aromatic rings. The molecule has 13 heteroatoms. The zero-order valence-corrected chi connectivity index (χ0v) is 17.9. The molecule has 0 fully saturated rings. The normalized spacial score (nSPS) is 12.5. The fourth-order valence-electron chi connectivity index (χ4n) is 2.14. The fraction of sp³-hybridized carbons (Fsp3) is 0.375. The Morgan fingerprint density at radius 2 is 1.79 bits per heavy atom. The monoisotopic (exact) mass is 556 g/mol. The van der Waals surface area contributed by atoms with Crippen molar-refractivity contribution < 1.29 is 30.7 Å². The third-order valence-electron chi connectivity index (χ3n) is 3.38.